The Bertz CT molecular complexity index is 720. The molecule has 1 N–H and O–H groups in total. The predicted molar refractivity (Wildman–Crippen MR) is 81.2 cm³/mol. The van der Waals surface area contributed by atoms with Crippen LogP contribution in [0.2, 0.25) is 0 Å². The summed E-state index contributed by atoms with van der Waals surface area (Å²) >= 11 is 0. The first-order valence-corrected chi connectivity index (χ1v) is 6.81. The number of hydrogen-bond acceptors (Lipinski definition) is 5. The molecule has 0 radical (unpaired) electrons. The van der Waals surface area contributed by atoms with Crippen LogP contribution in [0.3, 0.4) is 0 Å². The van der Waals surface area contributed by atoms with Crippen LogP contribution in [0.5, 0.6) is 11.5 Å². The van der Waals surface area contributed by atoms with Gasteiger partial charge in [0.2, 0.25) is 0 Å². The number of aryl methyl sites for hydroxylation is 1. The molecule has 0 aliphatic carbocycles. The molecule has 1 unspecified atom stereocenters. The molecule has 1 atom stereocenters. The highest BCUT2D eigenvalue weighted by molar-refractivity contribution is 5.48. The number of benzene rings is 2. The number of aliphatic hydroxyl groups is 1. The average Bonchev–Trinajstić information content (AvgIpc) is 2.52. The highest BCUT2D eigenvalue weighted by Gasteiger charge is 2.17. The van der Waals surface area contributed by atoms with Crippen LogP contribution in [0.25, 0.3) is 0 Å². The van der Waals surface area contributed by atoms with Crippen molar-refractivity contribution in [3.05, 3.63) is 63.5 Å². The SMILES string of the molecule is COc1ccc(C(O)COc2cc(C)ccc2[N+](=O)[O-])cc1F. The average molecular weight is 321 g/mol. The molecule has 0 heterocycles. The maximum absolute atomic E-state index is 13.6. The Morgan fingerprint density at radius 3 is 2.61 bits per heavy atom. The molecule has 7 heteroatoms. The number of hydrogen-bond donors (Lipinski definition) is 1. The Hall–Kier alpha value is -2.67. The second-order valence-electron chi connectivity index (χ2n) is 4.95. The summed E-state index contributed by atoms with van der Waals surface area (Å²) in [6.07, 6.45) is -1.13. The summed E-state index contributed by atoms with van der Waals surface area (Å²) in [5.74, 6) is -0.482. The maximum Gasteiger partial charge on any atom is 0.310 e. The minimum absolute atomic E-state index is 0.0584. The van der Waals surface area contributed by atoms with Crippen molar-refractivity contribution < 1.29 is 23.9 Å². The van der Waals surface area contributed by atoms with Gasteiger partial charge in [0.05, 0.1) is 12.0 Å². The molecule has 23 heavy (non-hydrogen) atoms. The van der Waals surface area contributed by atoms with Crippen LogP contribution in [0, 0.1) is 22.9 Å². The summed E-state index contributed by atoms with van der Waals surface area (Å²) in [6.45, 7) is 1.53. The van der Waals surface area contributed by atoms with Gasteiger partial charge in [0.15, 0.2) is 17.3 Å². The van der Waals surface area contributed by atoms with Crippen LogP contribution >= 0.6 is 0 Å². The predicted octanol–water partition coefficient (Wildman–Crippen LogP) is 3.16. The van der Waals surface area contributed by atoms with E-state index in [0.29, 0.717) is 5.56 Å². The standard InChI is InChI=1S/C16H16FNO5/c1-10-3-5-13(18(20)21)16(7-10)23-9-14(19)11-4-6-15(22-2)12(17)8-11/h3-8,14,19H,9H2,1-2H3. The van der Waals surface area contributed by atoms with Gasteiger partial charge in [-0.05, 0) is 36.2 Å². The second kappa shape index (κ2) is 7.06. The van der Waals surface area contributed by atoms with Gasteiger partial charge in [0.1, 0.15) is 12.7 Å². The summed E-state index contributed by atoms with van der Waals surface area (Å²) in [5, 5.41) is 21.0. The first-order chi connectivity index (χ1) is 10.9. The number of methoxy groups -OCH3 is 1. The summed E-state index contributed by atoms with van der Waals surface area (Å²) in [7, 11) is 1.34. The van der Waals surface area contributed by atoms with Crippen molar-refractivity contribution in [3.63, 3.8) is 0 Å². The summed E-state index contributed by atoms with van der Waals surface area (Å²) in [5.41, 5.74) is 0.887. The van der Waals surface area contributed by atoms with E-state index >= 15 is 0 Å². The Morgan fingerprint density at radius 1 is 1.26 bits per heavy atom. The lowest BCUT2D eigenvalue weighted by Gasteiger charge is -2.14. The first-order valence-electron chi connectivity index (χ1n) is 6.81. The molecule has 0 aliphatic rings. The molecule has 122 valence electrons. The fourth-order valence-electron chi connectivity index (χ4n) is 2.04. The fourth-order valence-corrected chi connectivity index (χ4v) is 2.04. The van der Waals surface area contributed by atoms with Crippen molar-refractivity contribution in [2.24, 2.45) is 0 Å². The van der Waals surface area contributed by atoms with Crippen molar-refractivity contribution in [1.82, 2.24) is 0 Å². The van der Waals surface area contributed by atoms with Crippen LogP contribution in [0.4, 0.5) is 10.1 Å². The van der Waals surface area contributed by atoms with E-state index in [1.165, 1.54) is 31.4 Å². The maximum atomic E-state index is 13.6. The van der Waals surface area contributed by atoms with E-state index in [0.717, 1.165) is 11.6 Å². The van der Waals surface area contributed by atoms with Crippen LogP contribution in [0.15, 0.2) is 36.4 Å². The fraction of sp³-hybridized carbons (Fsp3) is 0.250. The normalized spacial score (nSPS) is 11.8. The van der Waals surface area contributed by atoms with Crippen LogP contribution in [-0.2, 0) is 0 Å². The van der Waals surface area contributed by atoms with Gasteiger partial charge in [-0.2, -0.15) is 0 Å². The van der Waals surface area contributed by atoms with Crippen molar-refractivity contribution in [2.45, 2.75) is 13.0 Å². The number of ether oxygens (including phenoxy) is 2. The zero-order valence-electron chi connectivity index (χ0n) is 12.7. The molecule has 0 saturated heterocycles. The Labute approximate surface area is 132 Å². The molecule has 6 nitrogen and oxygen atoms in total. The largest absolute Gasteiger partial charge is 0.494 e. The number of nitrogens with zero attached hydrogens (tertiary/aromatic N) is 1. The molecule has 0 spiro atoms. The van der Waals surface area contributed by atoms with Gasteiger partial charge in [0, 0.05) is 6.07 Å². The molecule has 0 bridgehead atoms. The van der Waals surface area contributed by atoms with Crippen LogP contribution < -0.4 is 9.47 Å². The van der Waals surface area contributed by atoms with E-state index < -0.39 is 16.8 Å². The monoisotopic (exact) mass is 321 g/mol. The van der Waals surface area contributed by atoms with E-state index in [1.807, 2.05) is 0 Å². The van der Waals surface area contributed by atoms with Crippen molar-refractivity contribution in [3.8, 4) is 11.5 Å². The lowest BCUT2D eigenvalue weighted by molar-refractivity contribution is -0.385. The minimum Gasteiger partial charge on any atom is -0.494 e. The number of rotatable bonds is 6. The number of nitro benzene ring substituents is 1. The summed E-state index contributed by atoms with van der Waals surface area (Å²) < 4.78 is 23.8. The van der Waals surface area contributed by atoms with Gasteiger partial charge in [0.25, 0.3) is 0 Å². The molecular weight excluding hydrogens is 305 g/mol. The third kappa shape index (κ3) is 3.95. The highest BCUT2D eigenvalue weighted by Crippen LogP contribution is 2.29. The molecule has 0 saturated carbocycles. The van der Waals surface area contributed by atoms with Gasteiger partial charge in [-0.3, -0.25) is 10.1 Å². The molecule has 0 aliphatic heterocycles. The summed E-state index contributed by atoms with van der Waals surface area (Å²) in [4.78, 5) is 10.4. The van der Waals surface area contributed by atoms with E-state index in [4.69, 9.17) is 9.47 Å². The van der Waals surface area contributed by atoms with Crippen molar-refractivity contribution in [1.29, 1.82) is 0 Å². The second-order valence-corrected chi connectivity index (χ2v) is 4.95. The lowest BCUT2D eigenvalue weighted by Crippen LogP contribution is -2.11. The van der Waals surface area contributed by atoms with E-state index in [2.05, 4.69) is 0 Å². The Kier molecular flexibility index (Phi) is 5.13. The van der Waals surface area contributed by atoms with E-state index in [9.17, 15) is 19.6 Å². The van der Waals surface area contributed by atoms with Crippen molar-refractivity contribution >= 4 is 5.69 Å². The quantitative estimate of drug-likeness (QED) is 0.653. The van der Waals surface area contributed by atoms with Gasteiger partial charge in [-0.15, -0.1) is 0 Å². The molecule has 2 aromatic carbocycles. The van der Waals surface area contributed by atoms with E-state index in [-0.39, 0.29) is 23.8 Å². The van der Waals surface area contributed by atoms with E-state index in [1.54, 1.807) is 13.0 Å². The zero-order chi connectivity index (χ0) is 17.0. The lowest BCUT2D eigenvalue weighted by atomic mass is 10.1. The van der Waals surface area contributed by atoms with Crippen LogP contribution in [-0.4, -0.2) is 23.7 Å². The number of aliphatic hydroxyl groups excluding tert-OH is 1. The highest BCUT2D eigenvalue weighted by atomic mass is 19.1. The molecule has 2 aromatic rings. The first kappa shape index (κ1) is 16.7. The number of halogens is 1. The Balaban J connectivity index is 2.13. The van der Waals surface area contributed by atoms with Gasteiger partial charge < -0.3 is 14.6 Å². The molecule has 2 rings (SSSR count). The van der Waals surface area contributed by atoms with Gasteiger partial charge in [-0.25, -0.2) is 4.39 Å². The van der Waals surface area contributed by atoms with Crippen LogP contribution in [0.1, 0.15) is 17.2 Å². The zero-order valence-corrected chi connectivity index (χ0v) is 12.7. The third-order valence-corrected chi connectivity index (χ3v) is 3.27. The molecule has 0 aromatic heterocycles. The smallest absolute Gasteiger partial charge is 0.310 e. The molecule has 0 amide bonds. The molecular formula is C16H16FNO5. The molecule has 0 fully saturated rings. The number of nitro groups is 1. The Morgan fingerprint density at radius 2 is 2.00 bits per heavy atom. The van der Waals surface area contributed by atoms with Gasteiger partial charge in [-0.1, -0.05) is 12.1 Å². The summed E-state index contributed by atoms with van der Waals surface area (Å²) in [6, 6.07) is 8.48. The van der Waals surface area contributed by atoms with Crippen molar-refractivity contribution in [2.75, 3.05) is 13.7 Å². The van der Waals surface area contributed by atoms with Gasteiger partial charge >= 0.3 is 5.69 Å². The topological polar surface area (TPSA) is 81.8 Å². The third-order valence-electron chi connectivity index (χ3n) is 3.27. The minimum atomic E-state index is -1.13.